The summed E-state index contributed by atoms with van der Waals surface area (Å²) in [6.07, 6.45) is -1.00. The van der Waals surface area contributed by atoms with Crippen molar-refractivity contribution in [1.29, 1.82) is 0 Å². The minimum Gasteiger partial charge on any atom is -0.481 e. The Bertz CT molecular complexity index is 1320. The Hall–Kier alpha value is -3.69. The Morgan fingerprint density at radius 2 is 1.68 bits per heavy atom. The van der Waals surface area contributed by atoms with Gasteiger partial charge in [0.25, 0.3) is 0 Å². The summed E-state index contributed by atoms with van der Waals surface area (Å²) in [7, 11) is 0. The third-order valence-electron chi connectivity index (χ3n) is 6.99. The van der Waals surface area contributed by atoms with Gasteiger partial charge < -0.3 is 14.7 Å². The average molecular weight is 518 g/mol. The number of halogens is 5. The highest BCUT2D eigenvalue weighted by Gasteiger charge is 2.33. The lowest BCUT2D eigenvalue weighted by molar-refractivity contribution is -0.143. The normalized spacial score (nSPS) is 19.5. The van der Waals surface area contributed by atoms with Crippen molar-refractivity contribution >= 4 is 11.7 Å². The average Bonchev–Trinajstić information content (AvgIpc) is 3.29. The summed E-state index contributed by atoms with van der Waals surface area (Å²) in [4.78, 5) is 16.8. The Morgan fingerprint density at radius 3 is 2.32 bits per heavy atom. The first kappa shape index (κ1) is 25.0. The standard InChI is InChI=1S/C27H23F5N2O3/c28-22-11-24(34-13-17-1-5-19(27(30,31)32)9-18(17)14-34)23(29)10-21(22)16-4-8-25(33-12-16)37-20-6-2-15(3-7-20)26(35)36/h1,4-5,8-12,15,20H,2-3,6-7,13-14H2,(H,35,36). The number of hydrogen-bond donors (Lipinski definition) is 1. The monoisotopic (exact) mass is 518 g/mol. The van der Waals surface area contributed by atoms with Crippen LogP contribution in [0.3, 0.4) is 0 Å². The van der Waals surface area contributed by atoms with Gasteiger partial charge in [-0.2, -0.15) is 13.2 Å². The number of alkyl halides is 3. The quantitative estimate of drug-likeness (QED) is 0.386. The van der Waals surface area contributed by atoms with Crippen LogP contribution in [0.1, 0.15) is 42.4 Å². The second-order valence-electron chi connectivity index (χ2n) is 9.44. The van der Waals surface area contributed by atoms with Crippen LogP contribution < -0.4 is 9.64 Å². The SMILES string of the molecule is O=C(O)C1CCC(Oc2ccc(-c3cc(F)c(N4Cc5ccc(C(F)(F)F)cc5C4)cc3F)cn2)CC1. The summed E-state index contributed by atoms with van der Waals surface area (Å²) in [6, 6.07) is 8.63. The summed E-state index contributed by atoms with van der Waals surface area (Å²) in [5, 5.41) is 9.10. The molecule has 5 nitrogen and oxygen atoms in total. The van der Waals surface area contributed by atoms with Gasteiger partial charge in [0.1, 0.15) is 17.7 Å². The number of fused-ring (bicyclic) bond motifs is 1. The molecular weight excluding hydrogens is 495 g/mol. The summed E-state index contributed by atoms with van der Waals surface area (Å²) in [5.41, 5.74) is 0.588. The number of benzene rings is 2. The van der Waals surface area contributed by atoms with Crippen LogP contribution in [-0.4, -0.2) is 22.2 Å². The van der Waals surface area contributed by atoms with Crippen molar-refractivity contribution in [1.82, 2.24) is 4.98 Å². The van der Waals surface area contributed by atoms with E-state index in [4.69, 9.17) is 9.84 Å². The molecule has 1 fully saturated rings. The Kier molecular flexibility index (Phi) is 6.51. The molecule has 0 atom stereocenters. The number of carbonyl (C=O) groups is 1. The van der Waals surface area contributed by atoms with Crippen LogP contribution in [0.4, 0.5) is 27.6 Å². The second-order valence-corrected chi connectivity index (χ2v) is 9.44. The molecule has 2 aliphatic rings. The van der Waals surface area contributed by atoms with E-state index >= 15 is 8.78 Å². The maximum Gasteiger partial charge on any atom is 0.416 e. The topological polar surface area (TPSA) is 62.7 Å². The van der Waals surface area contributed by atoms with Gasteiger partial charge in [-0.1, -0.05) is 6.07 Å². The second kappa shape index (κ2) is 9.64. The van der Waals surface area contributed by atoms with E-state index in [1.807, 2.05) is 0 Å². The van der Waals surface area contributed by atoms with Gasteiger partial charge in [-0.3, -0.25) is 4.79 Å². The molecule has 0 saturated heterocycles. The zero-order chi connectivity index (χ0) is 26.3. The maximum atomic E-state index is 15.1. The van der Waals surface area contributed by atoms with E-state index in [-0.39, 0.29) is 36.4 Å². The first-order chi connectivity index (χ1) is 17.6. The summed E-state index contributed by atoms with van der Waals surface area (Å²) in [5.74, 6) is -2.23. The molecule has 0 unspecified atom stereocenters. The van der Waals surface area contributed by atoms with Crippen molar-refractivity contribution < 1.29 is 36.6 Å². The zero-order valence-corrected chi connectivity index (χ0v) is 19.6. The van der Waals surface area contributed by atoms with Gasteiger partial charge in [0.15, 0.2) is 0 Å². The molecule has 0 radical (unpaired) electrons. The highest BCUT2D eigenvalue weighted by atomic mass is 19.4. The van der Waals surface area contributed by atoms with Crippen molar-refractivity contribution in [3.63, 3.8) is 0 Å². The molecule has 0 spiro atoms. The van der Waals surface area contributed by atoms with Gasteiger partial charge in [-0.05, 0) is 61.1 Å². The van der Waals surface area contributed by atoms with Crippen molar-refractivity contribution in [2.75, 3.05) is 4.90 Å². The largest absolute Gasteiger partial charge is 0.481 e. The molecule has 37 heavy (non-hydrogen) atoms. The molecule has 5 rings (SSSR count). The molecule has 2 heterocycles. The first-order valence-corrected chi connectivity index (χ1v) is 11.9. The fourth-order valence-electron chi connectivity index (χ4n) is 4.95. The zero-order valence-electron chi connectivity index (χ0n) is 19.6. The highest BCUT2D eigenvalue weighted by Crippen LogP contribution is 2.37. The van der Waals surface area contributed by atoms with Gasteiger partial charge in [-0.25, -0.2) is 13.8 Å². The van der Waals surface area contributed by atoms with Crippen LogP contribution in [0.25, 0.3) is 11.1 Å². The van der Waals surface area contributed by atoms with E-state index in [0.29, 0.717) is 48.3 Å². The van der Waals surface area contributed by atoms with E-state index in [1.165, 1.54) is 17.2 Å². The molecule has 194 valence electrons. The molecule has 1 aliphatic carbocycles. The summed E-state index contributed by atoms with van der Waals surface area (Å²) < 4.78 is 75.0. The number of ether oxygens (including phenoxy) is 1. The molecular formula is C27H23F5N2O3. The molecule has 10 heteroatoms. The van der Waals surface area contributed by atoms with Gasteiger partial charge in [0.2, 0.25) is 5.88 Å². The number of pyridine rings is 1. The molecule has 2 aromatic carbocycles. The molecule has 1 saturated carbocycles. The lowest BCUT2D eigenvalue weighted by Crippen LogP contribution is -2.28. The number of aromatic nitrogens is 1. The number of aliphatic carboxylic acids is 1. The van der Waals surface area contributed by atoms with Gasteiger partial charge in [0, 0.05) is 42.5 Å². The van der Waals surface area contributed by atoms with Crippen LogP contribution in [0.5, 0.6) is 5.88 Å². The number of carboxylic acid groups (broad SMARTS) is 1. The van der Waals surface area contributed by atoms with Crippen LogP contribution in [0.15, 0.2) is 48.7 Å². The fraction of sp³-hybridized carbons (Fsp3) is 0.333. The predicted octanol–water partition coefficient (Wildman–Crippen LogP) is 6.59. The van der Waals surface area contributed by atoms with Gasteiger partial charge in [-0.15, -0.1) is 0 Å². The number of hydrogen-bond acceptors (Lipinski definition) is 4. The Balaban J connectivity index is 1.28. The van der Waals surface area contributed by atoms with E-state index in [2.05, 4.69) is 4.98 Å². The summed E-state index contributed by atoms with van der Waals surface area (Å²) >= 11 is 0. The minimum absolute atomic E-state index is 0.00154. The minimum atomic E-state index is -4.48. The predicted molar refractivity (Wildman–Crippen MR) is 125 cm³/mol. The van der Waals surface area contributed by atoms with E-state index < -0.39 is 29.3 Å². The molecule has 1 aromatic heterocycles. The smallest absolute Gasteiger partial charge is 0.416 e. The van der Waals surface area contributed by atoms with Crippen molar-refractivity contribution in [2.45, 2.75) is 51.1 Å². The van der Waals surface area contributed by atoms with Crippen LogP contribution >= 0.6 is 0 Å². The molecule has 3 aromatic rings. The molecule has 1 N–H and O–H groups in total. The third kappa shape index (κ3) is 5.23. The maximum absolute atomic E-state index is 15.1. The fourth-order valence-corrected chi connectivity index (χ4v) is 4.95. The Labute approximate surface area is 209 Å². The van der Waals surface area contributed by atoms with E-state index in [1.54, 1.807) is 12.1 Å². The van der Waals surface area contributed by atoms with Crippen LogP contribution in [0, 0.1) is 17.6 Å². The van der Waals surface area contributed by atoms with Crippen molar-refractivity contribution in [3.8, 4) is 17.0 Å². The van der Waals surface area contributed by atoms with Crippen molar-refractivity contribution in [3.05, 3.63) is 77.0 Å². The summed E-state index contributed by atoms with van der Waals surface area (Å²) in [6.45, 7) is 0.210. The van der Waals surface area contributed by atoms with E-state index in [9.17, 15) is 18.0 Å². The first-order valence-electron chi connectivity index (χ1n) is 11.9. The number of rotatable bonds is 5. The van der Waals surface area contributed by atoms with Gasteiger partial charge >= 0.3 is 12.1 Å². The van der Waals surface area contributed by atoms with E-state index in [0.717, 1.165) is 24.3 Å². The lowest BCUT2D eigenvalue weighted by Gasteiger charge is -2.26. The third-order valence-corrected chi connectivity index (χ3v) is 6.99. The van der Waals surface area contributed by atoms with Crippen LogP contribution in [-0.2, 0) is 24.1 Å². The lowest BCUT2D eigenvalue weighted by atomic mass is 9.87. The number of nitrogens with zero attached hydrogens (tertiary/aromatic N) is 2. The number of carboxylic acids is 1. The van der Waals surface area contributed by atoms with Crippen LogP contribution in [0.2, 0.25) is 0 Å². The Morgan fingerprint density at radius 1 is 0.946 bits per heavy atom. The van der Waals surface area contributed by atoms with Gasteiger partial charge in [0.05, 0.1) is 17.2 Å². The molecule has 0 bridgehead atoms. The van der Waals surface area contributed by atoms with Crippen molar-refractivity contribution in [2.24, 2.45) is 5.92 Å². The molecule has 1 aliphatic heterocycles. The highest BCUT2D eigenvalue weighted by molar-refractivity contribution is 5.70. The number of anilines is 1. The molecule has 0 amide bonds.